The van der Waals surface area contributed by atoms with Crippen LogP contribution in [0, 0.1) is 5.41 Å². The molecule has 0 aliphatic heterocycles. The number of fused-ring (bicyclic) bond motifs is 4. The van der Waals surface area contributed by atoms with Gasteiger partial charge in [0.2, 0.25) is 0 Å². The highest BCUT2D eigenvalue weighted by Gasteiger charge is 2.22. The Morgan fingerprint density at radius 3 is 3.03 bits per heavy atom. The van der Waals surface area contributed by atoms with E-state index in [2.05, 4.69) is 20.3 Å². The molecule has 31 heavy (non-hydrogen) atoms. The standard InChI is InChI=1S/C20H18N8O2S/c1-27-15-12(17-18(27)25-19(31-17)16(29)13(22)5-6-21)8-24-28(20(15)30)9-10-3-2-4-14-11(10)7-23-26-14/h2-8,16,22,29H,9,21H2,1H3,(H,23,26)/b6-5-,22-13?. The summed E-state index contributed by atoms with van der Waals surface area (Å²) >= 11 is 1.23. The number of thiazole rings is 1. The van der Waals surface area contributed by atoms with Gasteiger partial charge >= 0.3 is 0 Å². The lowest BCUT2D eigenvalue weighted by Crippen LogP contribution is -2.24. The molecule has 0 radical (unpaired) electrons. The van der Waals surface area contributed by atoms with E-state index in [1.165, 1.54) is 28.3 Å². The molecule has 1 aromatic carbocycles. The fourth-order valence-electron chi connectivity index (χ4n) is 3.69. The fourth-order valence-corrected chi connectivity index (χ4v) is 4.80. The van der Waals surface area contributed by atoms with Crippen LogP contribution in [0.3, 0.4) is 0 Å². The van der Waals surface area contributed by atoms with Crippen molar-refractivity contribution in [3.8, 4) is 0 Å². The van der Waals surface area contributed by atoms with Crippen molar-refractivity contribution in [1.29, 1.82) is 5.41 Å². The fraction of sp³-hybridized carbons (Fsp3) is 0.150. The zero-order chi connectivity index (χ0) is 21.7. The van der Waals surface area contributed by atoms with Gasteiger partial charge in [-0.05, 0) is 23.9 Å². The number of nitrogens with two attached hydrogens (primary N) is 1. The molecule has 11 heteroatoms. The second kappa shape index (κ2) is 7.15. The Kier molecular flexibility index (Phi) is 4.41. The summed E-state index contributed by atoms with van der Waals surface area (Å²) in [5, 5.41) is 31.6. The zero-order valence-corrected chi connectivity index (χ0v) is 17.2. The summed E-state index contributed by atoms with van der Waals surface area (Å²) in [4.78, 5) is 17.7. The van der Waals surface area contributed by atoms with Crippen molar-refractivity contribution in [2.45, 2.75) is 12.6 Å². The number of benzene rings is 1. The lowest BCUT2D eigenvalue weighted by atomic mass is 10.1. The molecule has 0 amide bonds. The van der Waals surface area contributed by atoms with Crippen LogP contribution in [0.15, 0.2) is 47.7 Å². The van der Waals surface area contributed by atoms with Crippen molar-refractivity contribution in [1.82, 2.24) is 29.5 Å². The first-order chi connectivity index (χ1) is 15.0. The smallest absolute Gasteiger partial charge is 0.291 e. The van der Waals surface area contributed by atoms with Crippen molar-refractivity contribution in [3.63, 3.8) is 0 Å². The second-order valence-electron chi connectivity index (χ2n) is 7.10. The van der Waals surface area contributed by atoms with Gasteiger partial charge in [0.1, 0.15) is 16.6 Å². The molecule has 4 heterocycles. The first kappa shape index (κ1) is 19.2. The molecule has 0 bridgehead atoms. The minimum Gasteiger partial charge on any atom is -0.405 e. The molecule has 4 aromatic heterocycles. The molecule has 0 saturated heterocycles. The number of H-pyrrole nitrogens is 1. The van der Waals surface area contributed by atoms with E-state index < -0.39 is 6.10 Å². The van der Waals surface area contributed by atoms with Crippen molar-refractivity contribution < 1.29 is 5.11 Å². The van der Waals surface area contributed by atoms with Gasteiger partial charge in [0.15, 0.2) is 5.65 Å². The highest BCUT2D eigenvalue weighted by Crippen LogP contribution is 2.33. The number of nitrogens with zero attached hydrogens (tertiary/aromatic N) is 5. The summed E-state index contributed by atoms with van der Waals surface area (Å²) in [5.41, 5.74) is 7.90. The van der Waals surface area contributed by atoms with Gasteiger partial charge in [-0.1, -0.05) is 12.1 Å². The van der Waals surface area contributed by atoms with Crippen molar-refractivity contribution in [3.05, 3.63) is 63.8 Å². The maximum absolute atomic E-state index is 13.2. The van der Waals surface area contributed by atoms with Crippen LogP contribution in [-0.2, 0) is 13.6 Å². The number of nitrogens with one attached hydrogen (secondary N) is 2. The lowest BCUT2D eigenvalue weighted by molar-refractivity contribution is 0.247. The number of aliphatic hydroxyl groups excluding tert-OH is 1. The van der Waals surface area contributed by atoms with E-state index in [1.807, 2.05) is 18.2 Å². The van der Waals surface area contributed by atoms with Gasteiger partial charge < -0.3 is 20.8 Å². The highest BCUT2D eigenvalue weighted by molar-refractivity contribution is 7.19. The normalized spacial score (nSPS) is 13.1. The van der Waals surface area contributed by atoms with Gasteiger partial charge in [-0.3, -0.25) is 9.89 Å². The average Bonchev–Trinajstić information content (AvgIpc) is 3.46. The van der Waals surface area contributed by atoms with Crippen LogP contribution in [0.25, 0.3) is 32.2 Å². The summed E-state index contributed by atoms with van der Waals surface area (Å²) in [5.74, 6) is 0. The van der Waals surface area contributed by atoms with Crippen molar-refractivity contribution >= 4 is 49.2 Å². The molecule has 5 N–H and O–H groups in total. The third-order valence-electron chi connectivity index (χ3n) is 5.24. The van der Waals surface area contributed by atoms with E-state index in [0.717, 1.165) is 21.2 Å². The zero-order valence-electron chi connectivity index (χ0n) is 16.4. The Labute approximate surface area is 178 Å². The first-order valence-electron chi connectivity index (χ1n) is 9.40. The lowest BCUT2D eigenvalue weighted by Gasteiger charge is -2.07. The molecule has 10 nitrogen and oxygen atoms in total. The monoisotopic (exact) mass is 434 g/mol. The average molecular weight is 434 g/mol. The van der Waals surface area contributed by atoms with E-state index in [0.29, 0.717) is 28.1 Å². The summed E-state index contributed by atoms with van der Waals surface area (Å²) in [6.07, 6.45) is 4.71. The van der Waals surface area contributed by atoms with Gasteiger partial charge in [0.25, 0.3) is 5.56 Å². The van der Waals surface area contributed by atoms with Gasteiger partial charge in [-0.25, -0.2) is 9.67 Å². The largest absolute Gasteiger partial charge is 0.405 e. The molecule has 1 atom stereocenters. The van der Waals surface area contributed by atoms with Crippen LogP contribution < -0.4 is 11.3 Å². The summed E-state index contributed by atoms with van der Waals surface area (Å²) in [7, 11) is 1.76. The summed E-state index contributed by atoms with van der Waals surface area (Å²) in [6.45, 7) is 0.310. The minimum absolute atomic E-state index is 0.0558. The summed E-state index contributed by atoms with van der Waals surface area (Å²) in [6, 6.07) is 5.78. The Morgan fingerprint density at radius 1 is 1.39 bits per heavy atom. The van der Waals surface area contributed by atoms with E-state index in [1.54, 1.807) is 24.0 Å². The van der Waals surface area contributed by atoms with Crippen LogP contribution in [0.1, 0.15) is 16.7 Å². The van der Waals surface area contributed by atoms with E-state index in [9.17, 15) is 9.90 Å². The highest BCUT2D eigenvalue weighted by atomic mass is 32.1. The topological polar surface area (TPSA) is 151 Å². The molecule has 156 valence electrons. The number of aromatic amines is 1. The van der Waals surface area contributed by atoms with Crippen molar-refractivity contribution in [2.24, 2.45) is 12.8 Å². The number of rotatable bonds is 5. The Bertz CT molecular complexity index is 1550. The van der Waals surface area contributed by atoms with Crippen LogP contribution in [0.2, 0.25) is 0 Å². The van der Waals surface area contributed by atoms with E-state index in [-0.39, 0.29) is 11.3 Å². The predicted octanol–water partition coefficient (Wildman–Crippen LogP) is 1.79. The van der Waals surface area contributed by atoms with Gasteiger partial charge in [-0.2, -0.15) is 10.2 Å². The molecule has 0 spiro atoms. The SMILES string of the molecule is Cn1c2nc(C(O)C(=N)/C=C\N)sc2c2cnn(Cc3cccc4[nH]ncc34)c(=O)c21. The van der Waals surface area contributed by atoms with Gasteiger partial charge in [0.05, 0.1) is 34.9 Å². The molecule has 0 aliphatic carbocycles. The third-order valence-corrected chi connectivity index (χ3v) is 6.37. The molecular formula is C20H18N8O2S. The molecular weight excluding hydrogens is 416 g/mol. The Hall–Kier alpha value is -3.83. The Morgan fingerprint density at radius 2 is 2.23 bits per heavy atom. The van der Waals surface area contributed by atoms with Crippen LogP contribution in [0.4, 0.5) is 0 Å². The minimum atomic E-state index is -1.18. The number of aromatic nitrogens is 6. The summed E-state index contributed by atoms with van der Waals surface area (Å²) < 4.78 is 3.87. The van der Waals surface area contributed by atoms with Crippen LogP contribution in [0.5, 0.6) is 0 Å². The molecule has 5 aromatic rings. The number of hydrogen-bond acceptors (Lipinski definition) is 8. The second-order valence-corrected chi connectivity index (χ2v) is 8.13. The first-order valence-corrected chi connectivity index (χ1v) is 10.2. The molecule has 0 aliphatic rings. The van der Waals surface area contributed by atoms with Crippen LogP contribution >= 0.6 is 11.3 Å². The predicted molar refractivity (Wildman–Crippen MR) is 119 cm³/mol. The maximum Gasteiger partial charge on any atom is 0.291 e. The van der Waals surface area contributed by atoms with Crippen LogP contribution in [-0.4, -0.2) is 40.3 Å². The Balaban J connectivity index is 1.60. The molecule has 5 rings (SSSR count). The number of aryl methyl sites for hydroxylation is 1. The molecule has 0 saturated carbocycles. The number of aliphatic hydroxyl groups is 1. The number of hydrogen-bond donors (Lipinski definition) is 4. The van der Waals surface area contributed by atoms with E-state index >= 15 is 0 Å². The quantitative estimate of drug-likeness (QED) is 0.310. The van der Waals surface area contributed by atoms with Crippen molar-refractivity contribution in [2.75, 3.05) is 0 Å². The van der Waals surface area contributed by atoms with Gasteiger partial charge in [0, 0.05) is 17.8 Å². The molecule has 1 unspecified atom stereocenters. The van der Waals surface area contributed by atoms with E-state index in [4.69, 9.17) is 11.1 Å². The maximum atomic E-state index is 13.2. The molecule has 0 fully saturated rings. The van der Waals surface area contributed by atoms with Gasteiger partial charge in [-0.15, -0.1) is 11.3 Å². The third kappa shape index (κ3) is 2.94.